The molecule has 4 aromatic rings. The second-order valence-corrected chi connectivity index (χ2v) is 7.56. The molecule has 1 heterocycles. The number of hydrogen-bond donors (Lipinski definition) is 3. The number of aromatic amines is 1. The van der Waals surface area contributed by atoms with Crippen molar-refractivity contribution in [1.82, 2.24) is 15.5 Å². The molecule has 1 aromatic heterocycles. The highest BCUT2D eigenvalue weighted by Crippen LogP contribution is 2.29. The number of H-pyrrole nitrogens is 1. The molecule has 0 aliphatic heterocycles. The molecule has 0 spiro atoms. The molecule has 0 saturated heterocycles. The summed E-state index contributed by atoms with van der Waals surface area (Å²) in [6, 6.07) is 18.7. The summed E-state index contributed by atoms with van der Waals surface area (Å²) in [6.07, 6.45) is 0. The van der Waals surface area contributed by atoms with E-state index in [1.54, 1.807) is 20.3 Å². The number of nitrogens with two attached hydrogens (primary N) is 1. The van der Waals surface area contributed by atoms with Crippen LogP contribution in [0.5, 0.6) is 11.5 Å². The molecule has 0 fully saturated rings. The van der Waals surface area contributed by atoms with Crippen molar-refractivity contribution in [3.63, 3.8) is 0 Å². The first-order chi connectivity index (χ1) is 15.5. The number of benzene rings is 3. The van der Waals surface area contributed by atoms with Crippen LogP contribution in [0, 0.1) is 6.92 Å². The maximum Gasteiger partial charge on any atom is 0.251 e. The molecule has 1 atom stereocenters. The van der Waals surface area contributed by atoms with Crippen molar-refractivity contribution < 1.29 is 14.3 Å². The van der Waals surface area contributed by atoms with Gasteiger partial charge >= 0.3 is 0 Å². The number of aromatic nitrogens is 2. The molecule has 164 valence electrons. The zero-order valence-electron chi connectivity index (χ0n) is 18.3. The summed E-state index contributed by atoms with van der Waals surface area (Å²) in [7, 11) is 3.19. The number of nitrogens with zero attached hydrogens (tertiary/aromatic N) is 1. The van der Waals surface area contributed by atoms with Gasteiger partial charge in [-0.2, -0.15) is 5.10 Å². The number of ether oxygens (including phenoxy) is 2. The second-order valence-electron chi connectivity index (χ2n) is 7.56. The highest BCUT2D eigenvalue weighted by molar-refractivity contribution is 5.97. The molecule has 4 N–H and O–H groups in total. The van der Waals surface area contributed by atoms with Crippen LogP contribution in [0.3, 0.4) is 0 Å². The van der Waals surface area contributed by atoms with Gasteiger partial charge in [0.1, 0.15) is 11.5 Å². The fraction of sp³-hybridized carbons (Fsp3) is 0.200. The SMILES string of the molecule is COc1cc(C(=O)NC(CN)c2cccc(OC)c2)cc(-c2ccc3[nH]nc(C)c3c2)c1. The third-order valence-electron chi connectivity index (χ3n) is 5.53. The van der Waals surface area contributed by atoms with E-state index in [1.807, 2.05) is 55.5 Å². The number of rotatable bonds is 7. The molecule has 32 heavy (non-hydrogen) atoms. The van der Waals surface area contributed by atoms with Gasteiger partial charge in [-0.05, 0) is 66.1 Å². The zero-order chi connectivity index (χ0) is 22.7. The number of carbonyl (C=O) groups excluding carboxylic acids is 1. The molecular formula is C25H26N4O3. The Balaban J connectivity index is 1.66. The van der Waals surface area contributed by atoms with Crippen molar-refractivity contribution >= 4 is 16.8 Å². The number of aryl methyl sites for hydroxylation is 1. The van der Waals surface area contributed by atoms with Crippen LogP contribution in [0.15, 0.2) is 60.7 Å². The van der Waals surface area contributed by atoms with Crippen LogP contribution in [0.2, 0.25) is 0 Å². The standard InChI is InChI=1S/C25H26N4O3/c1-15-22-13-16(7-8-23(22)29-28-15)18-9-19(12-21(11-18)32-3)25(30)27-24(14-26)17-5-4-6-20(10-17)31-2/h4-13,24H,14,26H2,1-3H3,(H,27,30)(H,28,29). The van der Waals surface area contributed by atoms with E-state index in [0.29, 0.717) is 17.1 Å². The van der Waals surface area contributed by atoms with E-state index < -0.39 is 0 Å². The lowest BCUT2D eigenvalue weighted by Crippen LogP contribution is -2.33. The van der Waals surface area contributed by atoms with Crippen LogP contribution in [-0.2, 0) is 0 Å². The van der Waals surface area contributed by atoms with Crippen molar-refractivity contribution in [2.24, 2.45) is 5.73 Å². The van der Waals surface area contributed by atoms with Crippen LogP contribution >= 0.6 is 0 Å². The first-order valence-electron chi connectivity index (χ1n) is 10.3. The summed E-state index contributed by atoms with van der Waals surface area (Å²) in [6.45, 7) is 2.21. The fourth-order valence-electron chi connectivity index (χ4n) is 3.72. The van der Waals surface area contributed by atoms with E-state index in [1.165, 1.54) is 0 Å². The number of hydrogen-bond acceptors (Lipinski definition) is 5. The number of methoxy groups -OCH3 is 2. The van der Waals surface area contributed by atoms with Gasteiger partial charge in [-0.3, -0.25) is 9.89 Å². The Morgan fingerprint density at radius 3 is 2.59 bits per heavy atom. The summed E-state index contributed by atoms with van der Waals surface area (Å²) in [5, 5.41) is 11.3. The third kappa shape index (κ3) is 4.29. The van der Waals surface area contributed by atoms with E-state index >= 15 is 0 Å². The van der Waals surface area contributed by atoms with E-state index in [4.69, 9.17) is 15.2 Å². The summed E-state index contributed by atoms with van der Waals surface area (Å²) in [5.41, 5.74) is 11.1. The molecule has 1 amide bonds. The van der Waals surface area contributed by atoms with Crippen molar-refractivity contribution in [1.29, 1.82) is 0 Å². The molecule has 0 radical (unpaired) electrons. The third-order valence-corrected chi connectivity index (χ3v) is 5.53. The Hall–Kier alpha value is -3.84. The first-order valence-corrected chi connectivity index (χ1v) is 10.3. The summed E-state index contributed by atoms with van der Waals surface area (Å²) in [4.78, 5) is 13.2. The molecule has 1 unspecified atom stereocenters. The number of carbonyl (C=O) groups is 1. The largest absolute Gasteiger partial charge is 0.497 e. The Bertz CT molecular complexity index is 1270. The molecule has 0 aliphatic rings. The first kappa shape index (κ1) is 21.4. The minimum atomic E-state index is -0.350. The van der Waals surface area contributed by atoms with Crippen LogP contribution in [0.4, 0.5) is 0 Å². The van der Waals surface area contributed by atoms with Gasteiger partial charge < -0.3 is 20.5 Å². The molecule has 0 saturated carbocycles. The Labute approximate surface area is 186 Å². The molecular weight excluding hydrogens is 404 g/mol. The normalized spacial score (nSPS) is 11.9. The lowest BCUT2D eigenvalue weighted by molar-refractivity contribution is 0.0937. The fourth-order valence-corrected chi connectivity index (χ4v) is 3.72. The monoisotopic (exact) mass is 430 g/mol. The van der Waals surface area contributed by atoms with Crippen LogP contribution in [0.1, 0.15) is 27.7 Å². The van der Waals surface area contributed by atoms with E-state index in [9.17, 15) is 4.79 Å². The topological polar surface area (TPSA) is 102 Å². The van der Waals surface area contributed by atoms with Crippen molar-refractivity contribution in [3.05, 3.63) is 77.5 Å². The van der Waals surface area contributed by atoms with Crippen LogP contribution < -0.4 is 20.5 Å². The van der Waals surface area contributed by atoms with Gasteiger partial charge in [0.15, 0.2) is 0 Å². The molecule has 0 aliphatic carbocycles. The van der Waals surface area contributed by atoms with Gasteiger partial charge in [0.25, 0.3) is 5.91 Å². The summed E-state index contributed by atoms with van der Waals surface area (Å²) < 4.78 is 10.8. The zero-order valence-corrected chi connectivity index (χ0v) is 18.3. The van der Waals surface area contributed by atoms with Gasteiger partial charge in [0, 0.05) is 17.5 Å². The lowest BCUT2D eigenvalue weighted by atomic mass is 10.00. The van der Waals surface area contributed by atoms with E-state index in [-0.39, 0.29) is 18.5 Å². The van der Waals surface area contributed by atoms with Crippen LogP contribution in [-0.4, -0.2) is 36.9 Å². The average molecular weight is 431 g/mol. The van der Waals surface area contributed by atoms with Crippen molar-refractivity contribution in [2.45, 2.75) is 13.0 Å². The van der Waals surface area contributed by atoms with Crippen LogP contribution in [0.25, 0.3) is 22.0 Å². The molecule has 3 aromatic carbocycles. The molecule has 0 bridgehead atoms. The number of amides is 1. The Morgan fingerprint density at radius 2 is 1.84 bits per heavy atom. The predicted octanol–water partition coefficient (Wildman–Crippen LogP) is 3.99. The summed E-state index contributed by atoms with van der Waals surface area (Å²) >= 11 is 0. The average Bonchev–Trinajstić information content (AvgIpc) is 3.22. The second kappa shape index (κ2) is 9.11. The van der Waals surface area contributed by atoms with Gasteiger partial charge in [-0.1, -0.05) is 18.2 Å². The van der Waals surface area contributed by atoms with Crippen molar-refractivity contribution in [3.8, 4) is 22.6 Å². The highest BCUT2D eigenvalue weighted by atomic mass is 16.5. The van der Waals surface area contributed by atoms with Gasteiger partial charge in [-0.15, -0.1) is 0 Å². The minimum absolute atomic E-state index is 0.232. The van der Waals surface area contributed by atoms with E-state index in [0.717, 1.165) is 33.3 Å². The predicted molar refractivity (Wildman–Crippen MR) is 125 cm³/mol. The smallest absolute Gasteiger partial charge is 0.251 e. The maximum atomic E-state index is 13.2. The quantitative estimate of drug-likeness (QED) is 0.412. The number of nitrogens with one attached hydrogen (secondary N) is 2. The van der Waals surface area contributed by atoms with Crippen molar-refractivity contribution in [2.75, 3.05) is 20.8 Å². The summed E-state index contributed by atoms with van der Waals surface area (Å²) in [5.74, 6) is 1.08. The van der Waals surface area contributed by atoms with Gasteiger partial charge in [0.05, 0.1) is 31.5 Å². The maximum absolute atomic E-state index is 13.2. The van der Waals surface area contributed by atoms with E-state index in [2.05, 4.69) is 21.6 Å². The Morgan fingerprint density at radius 1 is 1.03 bits per heavy atom. The van der Waals surface area contributed by atoms with Gasteiger partial charge in [-0.25, -0.2) is 0 Å². The minimum Gasteiger partial charge on any atom is -0.497 e. The Kier molecular flexibility index (Phi) is 6.09. The number of fused-ring (bicyclic) bond motifs is 1. The molecule has 7 heteroatoms. The molecule has 7 nitrogen and oxygen atoms in total. The lowest BCUT2D eigenvalue weighted by Gasteiger charge is -2.19. The van der Waals surface area contributed by atoms with Gasteiger partial charge in [0.2, 0.25) is 0 Å². The molecule has 4 rings (SSSR count). The highest BCUT2D eigenvalue weighted by Gasteiger charge is 2.17.